The molecule has 0 spiro atoms. The van der Waals surface area contributed by atoms with Crippen LogP contribution in [0.4, 0.5) is 0 Å². The summed E-state index contributed by atoms with van der Waals surface area (Å²) < 4.78 is 6.98. The first-order valence-corrected chi connectivity index (χ1v) is 5.62. The molecule has 16 heavy (non-hydrogen) atoms. The Balaban J connectivity index is 2.08. The van der Waals surface area contributed by atoms with E-state index in [4.69, 9.17) is 10.5 Å². The number of hydrogen-bond acceptors (Lipinski definition) is 4. The number of Topliss-reactive ketones (excluding diaryl/α,β-unsaturated/α-hetero) is 1. The van der Waals surface area contributed by atoms with E-state index in [0.29, 0.717) is 18.8 Å². The summed E-state index contributed by atoms with van der Waals surface area (Å²) >= 11 is 0. The SMILES string of the molecule is CCCn1cc(C(=O)C2COCC2N)cn1. The molecule has 0 saturated carbocycles. The summed E-state index contributed by atoms with van der Waals surface area (Å²) in [7, 11) is 0. The van der Waals surface area contributed by atoms with E-state index in [1.165, 1.54) is 0 Å². The highest BCUT2D eigenvalue weighted by atomic mass is 16.5. The molecular weight excluding hydrogens is 206 g/mol. The van der Waals surface area contributed by atoms with Crippen molar-refractivity contribution in [2.24, 2.45) is 11.7 Å². The maximum Gasteiger partial charge on any atom is 0.173 e. The fourth-order valence-corrected chi connectivity index (χ4v) is 1.90. The largest absolute Gasteiger partial charge is 0.379 e. The van der Waals surface area contributed by atoms with Gasteiger partial charge >= 0.3 is 0 Å². The molecule has 0 aliphatic carbocycles. The van der Waals surface area contributed by atoms with Gasteiger partial charge in [-0.2, -0.15) is 5.10 Å². The molecule has 2 heterocycles. The quantitative estimate of drug-likeness (QED) is 0.752. The number of aryl methyl sites for hydroxylation is 1. The van der Waals surface area contributed by atoms with Crippen LogP contribution >= 0.6 is 0 Å². The minimum atomic E-state index is -0.209. The summed E-state index contributed by atoms with van der Waals surface area (Å²) in [6.45, 7) is 3.81. The lowest BCUT2D eigenvalue weighted by Gasteiger charge is -2.09. The van der Waals surface area contributed by atoms with E-state index >= 15 is 0 Å². The first kappa shape index (κ1) is 11.3. The molecular formula is C11H17N3O2. The van der Waals surface area contributed by atoms with Crippen LogP contribution < -0.4 is 5.73 Å². The van der Waals surface area contributed by atoms with Gasteiger partial charge in [-0.05, 0) is 6.42 Å². The summed E-state index contributed by atoms with van der Waals surface area (Å²) in [5, 5.41) is 4.14. The van der Waals surface area contributed by atoms with Gasteiger partial charge in [-0.25, -0.2) is 0 Å². The maximum absolute atomic E-state index is 12.1. The molecule has 1 aliphatic rings. The number of ether oxygens (including phenoxy) is 1. The van der Waals surface area contributed by atoms with Gasteiger partial charge in [0.1, 0.15) is 0 Å². The highest BCUT2D eigenvalue weighted by molar-refractivity contribution is 5.98. The molecule has 2 N–H and O–H groups in total. The summed E-state index contributed by atoms with van der Waals surface area (Å²) in [5.41, 5.74) is 6.45. The van der Waals surface area contributed by atoms with Crippen molar-refractivity contribution in [3.63, 3.8) is 0 Å². The fourth-order valence-electron chi connectivity index (χ4n) is 1.90. The van der Waals surface area contributed by atoms with Crippen LogP contribution in [0.25, 0.3) is 0 Å². The third kappa shape index (κ3) is 2.15. The number of aromatic nitrogens is 2. The molecule has 1 aromatic heterocycles. The molecule has 1 aliphatic heterocycles. The number of hydrogen-bond donors (Lipinski definition) is 1. The molecule has 2 unspecified atom stereocenters. The highest BCUT2D eigenvalue weighted by Crippen LogP contribution is 2.17. The summed E-state index contributed by atoms with van der Waals surface area (Å²) in [6.07, 6.45) is 4.40. The Morgan fingerprint density at radius 1 is 1.69 bits per heavy atom. The fraction of sp³-hybridized carbons (Fsp3) is 0.636. The third-order valence-corrected chi connectivity index (χ3v) is 2.83. The Hall–Kier alpha value is -1.20. The molecule has 0 radical (unpaired) electrons. The predicted octanol–water partition coefficient (Wildman–Crippen LogP) is 0.449. The zero-order chi connectivity index (χ0) is 11.5. The molecule has 2 rings (SSSR count). The lowest BCUT2D eigenvalue weighted by Crippen LogP contribution is -2.34. The van der Waals surface area contributed by atoms with Crippen LogP contribution in [-0.4, -0.2) is 34.8 Å². The van der Waals surface area contributed by atoms with Crippen molar-refractivity contribution in [2.45, 2.75) is 25.9 Å². The van der Waals surface area contributed by atoms with E-state index < -0.39 is 0 Å². The molecule has 1 saturated heterocycles. The van der Waals surface area contributed by atoms with Crippen LogP contribution in [0.1, 0.15) is 23.7 Å². The van der Waals surface area contributed by atoms with Crippen LogP contribution in [0.3, 0.4) is 0 Å². The smallest absolute Gasteiger partial charge is 0.173 e. The van der Waals surface area contributed by atoms with Gasteiger partial charge in [0.25, 0.3) is 0 Å². The van der Waals surface area contributed by atoms with Crippen LogP contribution in [-0.2, 0) is 11.3 Å². The number of carbonyl (C=O) groups excluding carboxylic acids is 1. The topological polar surface area (TPSA) is 70.1 Å². The van der Waals surface area contributed by atoms with E-state index in [2.05, 4.69) is 12.0 Å². The second-order valence-corrected chi connectivity index (χ2v) is 4.16. The average Bonchev–Trinajstić information content (AvgIpc) is 2.87. The molecule has 0 aromatic carbocycles. The van der Waals surface area contributed by atoms with Gasteiger partial charge < -0.3 is 10.5 Å². The van der Waals surface area contributed by atoms with E-state index in [9.17, 15) is 4.79 Å². The molecule has 1 fully saturated rings. The predicted molar refractivity (Wildman–Crippen MR) is 59.1 cm³/mol. The van der Waals surface area contributed by atoms with Crippen molar-refractivity contribution in [3.8, 4) is 0 Å². The third-order valence-electron chi connectivity index (χ3n) is 2.83. The highest BCUT2D eigenvalue weighted by Gasteiger charge is 2.32. The van der Waals surface area contributed by atoms with Crippen molar-refractivity contribution in [3.05, 3.63) is 18.0 Å². The number of nitrogens with two attached hydrogens (primary N) is 1. The lowest BCUT2D eigenvalue weighted by atomic mass is 9.96. The molecule has 1 aromatic rings. The summed E-state index contributed by atoms with van der Waals surface area (Å²) in [5.74, 6) is -0.161. The van der Waals surface area contributed by atoms with Crippen LogP contribution in [0.15, 0.2) is 12.4 Å². The van der Waals surface area contributed by atoms with Gasteiger partial charge in [0.2, 0.25) is 0 Å². The standard InChI is InChI=1S/C11H17N3O2/c1-2-3-14-5-8(4-13-14)11(15)9-6-16-7-10(9)12/h4-5,9-10H,2-3,6-7,12H2,1H3. The Kier molecular flexibility index (Phi) is 3.36. The molecule has 88 valence electrons. The number of ketones is 1. The number of rotatable bonds is 4. The maximum atomic E-state index is 12.1. The van der Waals surface area contributed by atoms with Crippen molar-refractivity contribution in [2.75, 3.05) is 13.2 Å². The van der Waals surface area contributed by atoms with E-state index in [0.717, 1.165) is 13.0 Å². The number of nitrogens with zero attached hydrogens (tertiary/aromatic N) is 2. The Bertz CT molecular complexity index is 375. The Labute approximate surface area is 94.6 Å². The van der Waals surface area contributed by atoms with E-state index in [-0.39, 0.29) is 17.7 Å². The first-order chi connectivity index (χ1) is 7.72. The average molecular weight is 223 g/mol. The lowest BCUT2D eigenvalue weighted by molar-refractivity contribution is 0.0896. The van der Waals surface area contributed by atoms with Crippen LogP contribution in [0.2, 0.25) is 0 Å². The minimum Gasteiger partial charge on any atom is -0.379 e. The Morgan fingerprint density at radius 2 is 2.50 bits per heavy atom. The van der Waals surface area contributed by atoms with Gasteiger partial charge in [0, 0.05) is 18.8 Å². The molecule has 5 nitrogen and oxygen atoms in total. The van der Waals surface area contributed by atoms with Gasteiger partial charge in [0.15, 0.2) is 5.78 Å². The van der Waals surface area contributed by atoms with Gasteiger partial charge in [0.05, 0.1) is 30.9 Å². The van der Waals surface area contributed by atoms with Crippen LogP contribution in [0, 0.1) is 5.92 Å². The zero-order valence-corrected chi connectivity index (χ0v) is 9.43. The van der Waals surface area contributed by atoms with Gasteiger partial charge in [-0.1, -0.05) is 6.92 Å². The van der Waals surface area contributed by atoms with E-state index in [1.54, 1.807) is 17.1 Å². The van der Waals surface area contributed by atoms with Gasteiger partial charge in [-0.15, -0.1) is 0 Å². The normalized spacial score (nSPS) is 24.9. The summed E-state index contributed by atoms with van der Waals surface area (Å²) in [6, 6.07) is -0.179. The molecule has 2 atom stereocenters. The summed E-state index contributed by atoms with van der Waals surface area (Å²) in [4.78, 5) is 12.1. The van der Waals surface area contributed by atoms with E-state index in [1.807, 2.05) is 0 Å². The Morgan fingerprint density at radius 3 is 3.12 bits per heavy atom. The first-order valence-electron chi connectivity index (χ1n) is 5.62. The van der Waals surface area contributed by atoms with Crippen molar-refractivity contribution >= 4 is 5.78 Å². The zero-order valence-electron chi connectivity index (χ0n) is 9.43. The van der Waals surface area contributed by atoms with Crippen molar-refractivity contribution in [1.29, 1.82) is 0 Å². The second kappa shape index (κ2) is 4.76. The van der Waals surface area contributed by atoms with Gasteiger partial charge in [-0.3, -0.25) is 9.48 Å². The minimum absolute atomic E-state index is 0.0485. The second-order valence-electron chi connectivity index (χ2n) is 4.16. The van der Waals surface area contributed by atoms with Crippen molar-refractivity contribution in [1.82, 2.24) is 9.78 Å². The van der Waals surface area contributed by atoms with Crippen LogP contribution in [0.5, 0.6) is 0 Å². The molecule has 0 amide bonds. The molecule has 5 heteroatoms. The number of carbonyl (C=O) groups is 1. The molecule has 0 bridgehead atoms. The monoisotopic (exact) mass is 223 g/mol. The van der Waals surface area contributed by atoms with Crippen molar-refractivity contribution < 1.29 is 9.53 Å².